The minimum atomic E-state index is 0. The van der Waals surface area contributed by atoms with Crippen LogP contribution in [0.3, 0.4) is 0 Å². The molecule has 0 aliphatic heterocycles. The van der Waals surface area contributed by atoms with Crippen molar-refractivity contribution in [3.8, 4) is 0 Å². The first kappa shape index (κ1) is 20.7. The molecule has 2 fully saturated rings. The standard InChI is InChI=1S/C20H29N3O2.ClH/c21-12-16-8-4-10-18(16)20(25)22-13-14-5-3-9-17(11-14)23-19(24)15-6-1-2-7-15;/h3,5,9,11,15-16,18H,1-2,4,6-8,10,12-13,21H2,(H,22,25)(H,23,24);1H/t16-,18-;/m1./s1. The van der Waals surface area contributed by atoms with Gasteiger partial charge in [0.1, 0.15) is 0 Å². The first-order valence-corrected chi connectivity index (χ1v) is 9.55. The minimum absolute atomic E-state index is 0. The van der Waals surface area contributed by atoms with Crippen molar-refractivity contribution in [3.05, 3.63) is 29.8 Å². The fourth-order valence-electron chi connectivity index (χ4n) is 4.18. The van der Waals surface area contributed by atoms with Crippen molar-refractivity contribution in [1.82, 2.24) is 5.32 Å². The molecule has 0 unspecified atom stereocenters. The van der Waals surface area contributed by atoms with Gasteiger partial charge in [-0.05, 0) is 55.8 Å². The molecular formula is C20H30ClN3O2. The molecule has 2 aliphatic rings. The molecule has 5 nitrogen and oxygen atoms in total. The number of nitrogens with one attached hydrogen (secondary N) is 2. The molecule has 26 heavy (non-hydrogen) atoms. The lowest BCUT2D eigenvalue weighted by Crippen LogP contribution is -2.34. The Morgan fingerprint density at radius 2 is 1.81 bits per heavy atom. The average Bonchev–Trinajstić information content (AvgIpc) is 3.31. The predicted molar refractivity (Wildman–Crippen MR) is 106 cm³/mol. The van der Waals surface area contributed by atoms with Gasteiger partial charge in [0.05, 0.1) is 0 Å². The van der Waals surface area contributed by atoms with Crippen LogP contribution >= 0.6 is 12.4 Å². The van der Waals surface area contributed by atoms with E-state index in [0.717, 1.165) is 56.2 Å². The summed E-state index contributed by atoms with van der Waals surface area (Å²) in [6, 6.07) is 7.74. The topological polar surface area (TPSA) is 84.2 Å². The Labute approximate surface area is 161 Å². The highest BCUT2D eigenvalue weighted by atomic mass is 35.5. The zero-order chi connectivity index (χ0) is 17.6. The van der Waals surface area contributed by atoms with Crippen molar-refractivity contribution in [2.75, 3.05) is 11.9 Å². The maximum atomic E-state index is 12.4. The molecule has 4 N–H and O–H groups in total. The molecule has 3 rings (SSSR count). The Morgan fingerprint density at radius 3 is 2.54 bits per heavy atom. The lowest BCUT2D eigenvalue weighted by atomic mass is 9.95. The molecule has 2 aliphatic carbocycles. The van der Waals surface area contributed by atoms with E-state index in [-0.39, 0.29) is 36.1 Å². The maximum absolute atomic E-state index is 12.4. The van der Waals surface area contributed by atoms with E-state index >= 15 is 0 Å². The van der Waals surface area contributed by atoms with Crippen molar-refractivity contribution in [2.45, 2.75) is 51.5 Å². The molecule has 0 aromatic heterocycles. The minimum Gasteiger partial charge on any atom is -0.352 e. The van der Waals surface area contributed by atoms with Crippen LogP contribution < -0.4 is 16.4 Å². The fourth-order valence-corrected chi connectivity index (χ4v) is 4.18. The summed E-state index contributed by atoms with van der Waals surface area (Å²) in [4.78, 5) is 24.6. The lowest BCUT2D eigenvalue weighted by molar-refractivity contribution is -0.126. The maximum Gasteiger partial charge on any atom is 0.227 e. The Hall–Kier alpha value is -1.59. The summed E-state index contributed by atoms with van der Waals surface area (Å²) in [5, 5.41) is 6.05. The molecule has 0 radical (unpaired) electrons. The van der Waals surface area contributed by atoms with E-state index in [4.69, 9.17) is 5.73 Å². The van der Waals surface area contributed by atoms with E-state index in [1.54, 1.807) is 0 Å². The third-order valence-corrected chi connectivity index (χ3v) is 5.69. The second-order valence-corrected chi connectivity index (χ2v) is 7.42. The van der Waals surface area contributed by atoms with Gasteiger partial charge in [-0.3, -0.25) is 9.59 Å². The van der Waals surface area contributed by atoms with E-state index in [9.17, 15) is 9.59 Å². The summed E-state index contributed by atoms with van der Waals surface area (Å²) in [7, 11) is 0. The predicted octanol–water partition coefficient (Wildman–Crippen LogP) is 3.23. The Morgan fingerprint density at radius 1 is 1.04 bits per heavy atom. The van der Waals surface area contributed by atoms with Gasteiger partial charge in [0.25, 0.3) is 0 Å². The van der Waals surface area contributed by atoms with Gasteiger partial charge in [-0.2, -0.15) is 0 Å². The smallest absolute Gasteiger partial charge is 0.227 e. The zero-order valence-corrected chi connectivity index (χ0v) is 16.0. The normalized spacial score (nSPS) is 22.7. The van der Waals surface area contributed by atoms with Crippen LogP contribution in [-0.2, 0) is 16.1 Å². The summed E-state index contributed by atoms with van der Waals surface area (Å²) in [5.74, 6) is 0.745. The van der Waals surface area contributed by atoms with Crippen molar-refractivity contribution in [3.63, 3.8) is 0 Å². The molecule has 1 aromatic carbocycles. The molecule has 1 aromatic rings. The number of rotatable bonds is 6. The fraction of sp³-hybridized carbons (Fsp3) is 0.600. The first-order chi connectivity index (χ1) is 12.2. The molecule has 0 saturated heterocycles. The van der Waals surface area contributed by atoms with Crippen LogP contribution in [0.2, 0.25) is 0 Å². The highest BCUT2D eigenvalue weighted by Crippen LogP contribution is 2.31. The highest BCUT2D eigenvalue weighted by Gasteiger charge is 2.31. The summed E-state index contributed by atoms with van der Waals surface area (Å²) < 4.78 is 0. The summed E-state index contributed by atoms with van der Waals surface area (Å²) in [5.41, 5.74) is 7.58. The molecule has 6 heteroatoms. The number of hydrogen-bond acceptors (Lipinski definition) is 3. The van der Waals surface area contributed by atoms with E-state index in [1.165, 1.54) is 0 Å². The van der Waals surface area contributed by atoms with Crippen LogP contribution in [0.1, 0.15) is 50.5 Å². The van der Waals surface area contributed by atoms with Gasteiger partial charge in [-0.1, -0.05) is 31.4 Å². The van der Waals surface area contributed by atoms with Crippen LogP contribution in [0.5, 0.6) is 0 Å². The summed E-state index contributed by atoms with van der Waals surface area (Å²) in [6.07, 6.45) is 7.35. The van der Waals surface area contributed by atoms with Gasteiger partial charge >= 0.3 is 0 Å². The lowest BCUT2D eigenvalue weighted by Gasteiger charge is -2.17. The van der Waals surface area contributed by atoms with Gasteiger partial charge in [0.15, 0.2) is 0 Å². The molecule has 0 bridgehead atoms. The van der Waals surface area contributed by atoms with Crippen molar-refractivity contribution in [1.29, 1.82) is 0 Å². The third-order valence-electron chi connectivity index (χ3n) is 5.69. The first-order valence-electron chi connectivity index (χ1n) is 9.55. The second kappa shape index (κ2) is 9.93. The number of amides is 2. The third kappa shape index (κ3) is 5.21. The molecule has 2 atom stereocenters. The van der Waals surface area contributed by atoms with Crippen molar-refractivity contribution in [2.24, 2.45) is 23.5 Å². The molecule has 144 valence electrons. The molecule has 2 saturated carbocycles. The quantitative estimate of drug-likeness (QED) is 0.709. The number of hydrogen-bond donors (Lipinski definition) is 3. The largest absolute Gasteiger partial charge is 0.352 e. The highest BCUT2D eigenvalue weighted by molar-refractivity contribution is 5.92. The number of nitrogens with two attached hydrogens (primary N) is 1. The van der Waals surface area contributed by atoms with Crippen LogP contribution in [0.4, 0.5) is 5.69 Å². The van der Waals surface area contributed by atoms with Crippen LogP contribution in [0.15, 0.2) is 24.3 Å². The van der Waals surface area contributed by atoms with Gasteiger partial charge in [0.2, 0.25) is 11.8 Å². The second-order valence-electron chi connectivity index (χ2n) is 7.42. The van der Waals surface area contributed by atoms with Crippen molar-refractivity contribution >= 4 is 29.9 Å². The average molecular weight is 380 g/mol. The SMILES string of the molecule is Cl.NC[C@H]1CCC[C@H]1C(=O)NCc1cccc(NC(=O)C2CCCC2)c1. The number of carbonyl (C=O) groups is 2. The number of carbonyl (C=O) groups excluding carboxylic acids is 2. The van der Waals surface area contributed by atoms with Gasteiger partial charge in [0, 0.05) is 24.1 Å². The summed E-state index contributed by atoms with van der Waals surface area (Å²) >= 11 is 0. The Balaban J connectivity index is 0.00000243. The molecule has 0 spiro atoms. The Bertz CT molecular complexity index is 617. The van der Waals surface area contributed by atoms with Gasteiger partial charge in [-0.25, -0.2) is 0 Å². The van der Waals surface area contributed by atoms with E-state index in [0.29, 0.717) is 19.0 Å². The number of halogens is 1. The van der Waals surface area contributed by atoms with E-state index in [1.807, 2.05) is 24.3 Å². The van der Waals surface area contributed by atoms with Crippen LogP contribution in [-0.4, -0.2) is 18.4 Å². The van der Waals surface area contributed by atoms with E-state index < -0.39 is 0 Å². The van der Waals surface area contributed by atoms with Crippen molar-refractivity contribution < 1.29 is 9.59 Å². The van der Waals surface area contributed by atoms with Gasteiger partial charge < -0.3 is 16.4 Å². The summed E-state index contributed by atoms with van der Waals surface area (Å²) in [6.45, 7) is 1.07. The molecular weight excluding hydrogens is 350 g/mol. The Kier molecular flexibility index (Phi) is 7.91. The van der Waals surface area contributed by atoms with E-state index in [2.05, 4.69) is 10.6 Å². The number of benzene rings is 1. The molecule has 2 amide bonds. The van der Waals surface area contributed by atoms with Crippen LogP contribution in [0, 0.1) is 17.8 Å². The monoisotopic (exact) mass is 379 g/mol. The molecule has 0 heterocycles. The van der Waals surface area contributed by atoms with Crippen LogP contribution in [0.25, 0.3) is 0 Å². The van der Waals surface area contributed by atoms with Gasteiger partial charge in [-0.15, -0.1) is 12.4 Å². The number of anilines is 1. The zero-order valence-electron chi connectivity index (χ0n) is 15.2.